The van der Waals surface area contributed by atoms with Gasteiger partial charge < -0.3 is 9.73 Å². The maximum absolute atomic E-state index is 5.85. The second-order valence-electron chi connectivity index (χ2n) is 4.41. The second-order valence-corrected chi connectivity index (χ2v) is 6.05. The monoisotopic (exact) mass is 336 g/mol. The van der Waals surface area contributed by atoms with Gasteiger partial charge in [0.1, 0.15) is 11.3 Å². The summed E-state index contributed by atoms with van der Waals surface area (Å²) < 4.78 is 6.92. The summed E-state index contributed by atoms with van der Waals surface area (Å²) in [4.78, 5) is 4.26. The molecule has 0 aliphatic carbocycles. The average Bonchev–Trinajstić information content (AvgIpc) is 3.04. The molecule has 1 unspecified atom stereocenters. The quantitative estimate of drug-likeness (QED) is 0.762. The summed E-state index contributed by atoms with van der Waals surface area (Å²) in [5.41, 5.74) is 3.83. The lowest BCUT2D eigenvalue weighted by molar-refractivity contribution is 0.449. The Balaban J connectivity index is 1.75. The van der Waals surface area contributed by atoms with Gasteiger partial charge in [0.25, 0.3) is 0 Å². The topological polar surface area (TPSA) is 38.1 Å². The third-order valence-corrected chi connectivity index (χ3v) is 4.13. The minimum Gasteiger partial charge on any atom is -0.459 e. The lowest BCUT2D eigenvalue weighted by Gasteiger charge is -2.09. The molecule has 3 aromatic rings. The highest BCUT2D eigenvalue weighted by Crippen LogP contribution is 2.26. The van der Waals surface area contributed by atoms with E-state index in [1.54, 1.807) is 11.3 Å². The molecule has 2 aromatic heterocycles. The van der Waals surface area contributed by atoms with E-state index in [4.69, 9.17) is 4.42 Å². The molecule has 0 saturated heterocycles. The van der Waals surface area contributed by atoms with E-state index >= 15 is 0 Å². The number of hydrogen-bond acceptors (Lipinski definition) is 4. The van der Waals surface area contributed by atoms with Crippen molar-refractivity contribution in [3.8, 4) is 0 Å². The molecule has 0 aliphatic heterocycles. The fraction of sp³-hybridized carbons (Fsp3) is 0.214. The van der Waals surface area contributed by atoms with Crippen LogP contribution < -0.4 is 5.32 Å². The van der Waals surface area contributed by atoms with E-state index in [1.807, 2.05) is 17.6 Å². The van der Waals surface area contributed by atoms with Crippen LogP contribution in [0.25, 0.3) is 11.0 Å². The number of benzene rings is 1. The first kappa shape index (κ1) is 12.8. The summed E-state index contributed by atoms with van der Waals surface area (Å²) in [5, 5.41) is 6.58. The van der Waals surface area contributed by atoms with E-state index in [1.165, 1.54) is 0 Å². The molecule has 3 nitrogen and oxygen atoms in total. The van der Waals surface area contributed by atoms with Crippen LogP contribution in [-0.2, 0) is 6.54 Å². The van der Waals surface area contributed by atoms with Crippen molar-refractivity contribution in [3.05, 3.63) is 51.1 Å². The molecule has 19 heavy (non-hydrogen) atoms. The number of nitrogens with one attached hydrogen (secondary N) is 1. The van der Waals surface area contributed by atoms with E-state index in [0.717, 1.165) is 33.4 Å². The van der Waals surface area contributed by atoms with Crippen LogP contribution in [0.1, 0.15) is 24.4 Å². The molecular formula is C14H13BrN2OS. The predicted molar refractivity (Wildman–Crippen MR) is 81.3 cm³/mol. The smallest absolute Gasteiger partial charge is 0.134 e. The fourth-order valence-corrected chi connectivity index (χ4v) is 2.87. The summed E-state index contributed by atoms with van der Waals surface area (Å²) >= 11 is 5.08. The van der Waals surface area contributed by atoms with Crippen molar-refractivity contribution in [2.45, 2.75) is 19.5 Å². The molecule has 0 saturated carbocycles. The molecule has 0 amide bonds. The van der Waals surface area contributed by atoms with Crippen LogP contribution in [0.4, 0.5) is 0 Å². The Kier molecular flexibility index (Phi) is 3.68. The first-order valence-electron chi connectivity index (χ1n) is 6.02. The van der Waals surface area contributed by atoms with E-state index in [9.17, 15) is 0 Å². The average molecular weight is 337 g/mol. The van der Waals surface area contributed by atoms with Crippen molar-refractivity contribution in [2.24, 2.45) is 0 Å². The Bertz CT molecular complexity index is 678. The Morgan fingerprint density at radius 1 is 1.42 bits per heavy atom. The van der Waals surface area contributed by atoms with Crippen LogP contribution in [0.2, 0.25) is 0 Å². The lowest BCUT2D eigenvalue weighted by Crippen LogP contribution is -2.17. The third-order valence-electron chi connectivity index (χ3n) is 3.00. The molecule has 0 fully saturated rings. The van der Waals surface area contributed by atoms with Crippen LogP contribution in [0.3, 0.4) is 0 Å². The molecular weight excluding hydrogens is 324 g/mol. The Morgan fingerprint density at radius 2 is 2.32 bits per heavy atom. The van der Waals surface area contributed by atoms with Crippen LogP contribution in [0, 0.1) is 0 Å². The van der Waals surface area contributed by atoms with Gasteiger partial charge in [-0.2, -0.15) is 0 Å². The molecule has 2 heterocycles. The molecule has 0 aliphatic rings. The van der Waals surface area contributed by atoms with Gasteiger partial charge in [-0.25, -0.2) is 4.98 Å². The summed E-state index contributed by atoms with van der Waals surface area (Å²) in [5.74, 6) is 0.948. The van der Waals surface area contributed by atoms with E-state index in [2.05, 4.69) is 50.7 Å². The molecule has 1 N–H and O–H groups in total. The van der Waals surface area contributed by atoms with E-state index < -0.39 is 0 Å². The van der Waals surface area contributed by atoms with Gasteiger partial charge in [-0.05, 0) is 31.2 Å². The number of nitrogens with zero attached hydrogens (tertiary/aromatic N) is 1. The Morgan fingerprint density at radius 3 is 3.11 bits per heavy atom. The molecule has 98 valence electrons. The maximum Gasteiger partial charge on any atom is 0.134 e. The zero-order valence-corrected chi connectivity index (χ0v) is 12.8. The van der Waals surface area contributed by atoms with Gasteiger partial charge in [-0.3, -0.25) is 0 Å². The van der Waals surface area contributed by atoms with Crippen molar-refractivity contribution in [1.82, 2.24) is 10.3 Å². The number of halogens is 1. The van der Waals surface area contributed by atoms with Crippen molar-refractivity contribution in [2.75, 3.05) is 0 Å². The van der Waals surface area contributed by atoms with Crippen LogP contribution in [0.5, 0.6) is 0 Å². The number of aromatic nitrogens is 1. The van der Waals surface area contributed by atoms with E-state index in [-0.39, 0.29) is 6.04 Å². The SMILES string of the molecule is CC(NCc1cscn1)c1cc2cc(Br)ccc2o1. The molecule has 1 atom stereocenters. The van der Waals surface area contributed by atoms with Gasteiger partial charge in [0, 0.05) is 21.8 Å². The van der Waals surface area contributed by atoms with Crippen molar-refractivity contribution in [3.63, 3.8) is 0 Å². The first-order valence-corrected chi connectivity index (χ1v) is 7.75. The molecule has 3 rings (SSSR count). The van der Waals surface area contributed by atoms with Crippen LogP contribution in [-0.4, -0.2) is 4.98 Å². The normalized spacial score (nSPS) is 12.9. The molecule has 0 radical (unpaired) electrons. The van der Waals surface area contributed by atoms with Gasteiger partial charge in [0.05, 0.1) is 17.2 Å². The number of thiazole rings is 1. The van der Waals surface area contributed by atoms with Crippen LogP contribution in [0.15, 0.2) is 44.0 Å². The van der Waals surface area contributed by atoms with Gasteiger partial charge >= 0.3 is 0 Å². The number of hydrogen-bond donors (Lipinski definition) is 1. The summed E-state index contributed by atoms with van der Waals surface area (Å²) in [6, 6.07) is 8.28. The lowest BCUT2D eigenvalue weighted by atomic mass is 10.2. The molecule has 0 spiro atoms. The highest BCUT2D eigenvalue weighted by atomic mass is 79.9. The second kappa shape index (κ2) is 5.45. The highest BCUT2D eigenvalue weighted by Gasteiger charge is 2.11. The van der Waals surface area contributed by atoms with Gasteiger partial charge in [-0.1, -0.05) is 15.9 Å². The van der Waals surface area contributed by atoms with Crippen molar-refractivity contribution < 1.29 is 4.42 Å². The van der Waals surface area contributed by atoms with Gasteiger partial charge in [-0.15, -0.1) is 11.3 Å². The van der Waals surface area contributed by atoms with E-state index in [0.29, 0.717) is 0 Å². The maximum atomic E-state index is 5.85. The fourth-order valence-electron chi connectivity index (χ4n) is 1.93. The number of furan rings is 1. The summed E-state index contributed by atoms with van der Waals surface area (Å²) in [6.07, 6.45) is 0. The minimum absolute atomic E-state index is 0.160. The predicted octanol–water partition coefficient (Wildman–Crippen LogP) is 4.50. The van der Waals surface area contributed by atoms with Crippen molar-refractivity contribution in [1.29, 1.82) is 0 Å². The zero-order valence-electron chi connectivity index (χ0n) is 10.4. The zero-order chi connectivity index (χ0) is 13.2. The molecule has 1 aromatic carbocycles. The Labute approximate surface area is 123 Å². The van der Waals surface area contributed by atoms with Gasteiger partial charge in [0.15, 0.2) is 0 Å². The Hall–Kier alpha value is -1.17. The van der Waals surface area contributed by atoms with Gasteiger partial charge in [0.2, 0.25) is 0 Å². The largest absolute Gasteiger partial charge is 0.459 e. The summed E-state index contributed by atoms with van der Waals surface area (Å²) in [6.45, 7) is 2.85. The highest BCUT2D eigenvalue weighted by molar-refractivity contribution is 9.10. The standard InChI is InChI=1S/C14H13BrN2OS/c1-9(16-6-12-7-19-8-17-12)14-5-10-4-11(15)2-3-13(10)18-14/h2-5,7-9,16H,6H2,1H3. The van der Waals surface area contributed by atoms with Crippen molar-refractivity contribution >= 4 is 38.2 Å². The molecule has 0 bridgehead atoms. The molecule has 5 heteroatoms. The third kappa shape index (κ3) is 2.88. The number of rotatable bonds is 4. The van der Waals surface area contributed by atoms with Crippen LogP contribution >= 0.6 is 27.3 Å². The minimum atomic E-state index is 0.160. The number of fused-ring (bicyclic) bond motifs is 1. The summed E-state index contributed by atoms with van der Waals surface area (Å²) in [7, 11) is 0. The first-order chi connectivity index (χ1) is 9.22.